The average Bonchev–Trinajstić information content (AvgIpc) is 2.36. The highest BCUT2D eigenvalue weighted by molar-refractivity contribution is 6.69. The summed E-state index contributed by atoms with van der Waals surface area (Å²) in [5.41, 5.74) is 0.748. The van der Waals surface area contributed by atoms with E-state index in [0.29, 0.717) is 0 Å². The zero-order chi connectivity index (χ0) is 11.9. The smallest absolute Gasteiger partial charge is 0.341 e. The van der Waals surface area contributed by atoms with Crippen molar-refractivity contribution in [3.8, 4) is 0 Å². The molecule has 96 valence electrons. The maximum atomic E-state index is 6.14. The van der Waals surface area contributed by atoms with Crippen LogP contribution >= 0.6 is 0 Å². The van der Waals surface area contributed by atoms with Gasteiger partial charge in [0.2, 0.25) is 0 Å². The monoisotopic (exact) mass is 244 g/mol. The van der Waals surface area contributed by atoms with Crippen LogP contribution in [0.15, 0.2) is 0 Å². The van der Waals surface area contributed by atoms with E-state index in [-0.39, 0.29) is 0 Å². The molecule has 1 unspecified atom stereocenters. The van der Waals surface area contributed by atoms with E-state index in [1.54, 1.807) is 0 Å². The molecule has 0 amide bonds. The number of rotatable bonds is 7. The van der Waals surface area contributed by atoms with Gasteiger partial charge in [-0.3, -0.25) is 0 Å². The lowest BCUT2D eigenvalue weighted by Gasteiger charge is -2.38. The summed E-state index contributed by atoms with van der Waals surface area (Å²) in [7, 11) is -0.00852. The van der Waals surface area contributed by atoms with Gasteiger partial charge >= 0.3 is 8.56 Å². The van der Waals surface area contributed by atoms with Crippen LogP contribution in [-0.4, -0.2) is 22.3 Å². The maximum Gasteiger partial charge on any atom is 0.341 e. The summed E-state index contributed by atoms with van der Waals surface area (Å²) in [6.07, 6.45) is 9.34. The zero-order valence-corrected chi connectivity index (χ0v) is 12.3. The van der Waals surface area contributed by atoms with Crippen molar-refractivity contribution < 1.29 is 8.85 Å². The van der Waals surface area contributed by atoms with Gasteiger partial charge in [0.15, 0.2) is 0 Å². The van der Waals surface area contributed by atoms with Gasteiger partial charge in [-0.25, -0.2) is 0 Å². The van der Waals surface area contributed by atoms with E-state index in [9.17, 15) is 0 Å². The second-order valence-corrected chi connectivity index (χ2v) is 8.52. The summed E-state index contributed by atoms with van der Waals surface area (Å²) in [4.78, 5) is 0. The fourth-order valence-electron chi connectivity index (χ4n) is 2.93. The van der Waals surface area contributed by atoms with Crippen LogP contribution in [0.2, 0.25) is 11.6 Å². The summed E-state index contributed by atoms with van der Waals surface area (Å²) in [6, 6.07) is 1.19. The minimum Gasteiger partial charge on any atom is -0.397 e. The molecule has 2 nitrogen and oxygen atoms in total. The van der Waals surface area contributed by atoms with Crippen molar-refractivity contribution in [1.82, 2.24) is 0 Å². The topological polar surface area (TPSA) is 18.5 Å². The van der Waals surface area contributed by atoms with Crippen molar-refractivity contribution in [3.63, 3.8) is 0 Å². The minimum absolute atomic E-state index is 0.748. The molecule has 1 rings (SSSR count). The first kappa shape index (κ1) is 14.2. The maximum absolute atomic E-state index is 6.14. The first-order valence-corrected chi connectivity index (χ1v) is 9.08. The van der Waals surface area contributed by atoms with Gasteiger partial charge in [0.05, 0.1) is 0 Å². The number of hydrogen-bond acceptors (Lipinski definition) is 2. The third kappa shape index (κ3) is 3.57. The van der Waals surface area contributed by atoms with Gasteiger partial charge in [-0.15, -0.1) is 0 Å². The van der Waals surface area contributed by atoms with Crippen molar-refractivity contribution in [2.75, 3.05) is 13.7 Å². The molecule has 1 aliphatic carbocycles. The third-order valence-corrected chi connectivity index (χ3v) is 8.18. The molecule has 0 radical (unpaired) electrons. The molecule has 0 aromatic carbocycles. The van der Waals surface area contributed by atoms with Crippen LogP contribution < -0.4 is 0 Å². The van der Waals surface area contributed by atoms with Crippen molar-refractivity contribution in [2.45, 2.75) is 70.4 Å². The molecule has 0 heterocycles. The Morgan fingerprint density at radius 2 is 1.81 bits per heavy atom. The van der Waals surface area contributed by atoms with Crippen LogP contribution in [0.5, 0.6) is 0 Å². The van der Waals surface area contributed by atoms with E-state index < -0.39 is 8.56 Å². The summed E-state index contributed by atoms with van der Waals surface area (Å²) in [6.45, 7) is 5.18. The van der Waals surface area contributed by atoms with E-state index in [4.69, 9.17) is 8.85 Å². The summed E-state index contributed by atoms with van der Waals surface area (Å²) < 4.78 is 12.1. The first-order chi connectivity index (χ1) is 7.79. The average molecular weight is 244 g/mol. The van der Waals surface area contributed by atoms with Crippen molar-refractivity contribution >= 4 is 8.56 Å². The second kappa shape index (κ2) is 7.46. The van der Waals surface area contributed by atoms with Gasteiger partial charge in [-0.05, 0) is 25.8 Å². The molecule has 0 saturated heterocycles. The van der Waals surface area contributed by atoms with Crippen molar-refractivity contribution in [3.05, 3.63) is 0 Å². The van der Waals surface area contributed by atoms with Gasteiger partial charge in [-0.1, -0.05) is 39.0 Å². The van der Waals surface area contributed by atoms with E-state index in [2.05, 4.69) is 13.8 Å². The van der Waals surface area contributed by atoms with Gasteiger partial charge in [0.25, 0.3) is 0 Å². The number of hydrogen-bond donors (Lipinski definition) is 0. The van der Waals surface area contributed by atoms with Crippen LogP contribution in [0.3, 0.4) is 0 Å². The molecule has 0 bridgehead atoms. The van der Waals surface area contributed by atoms with Gasteiger partial charge in [0.1, 0.15) is 0 Å². The molecule has 3 heteroatoms. The summed E-state index contributed by atoms with van der Waals surface area (Å²) in [5.74, 6) is 0. The quantitative estimate of drug-likeness (QED) is 0.623. The molecule has 1 aliphatic rings. The highest BCUT2D eigenvalue weighted by Crippen LogP contribution is 2.40. The zero-order valence-electron chi connectivity index (χ0n) is 11.3. The molecule has 1 saturated carbocycles. The van der Waals surface area contributed by atoms with Gasteiger partial charge in [0, 0.05) is 19.3 Å². The van der Waals surface area contributed by atoms with E-state index in [1.165, 1.54) is 51.0 Å². The fraction of sp³-hybridized carbons (Fsp3) is 1.00. The molecule has 0 aromatic rings. The summed E-state index contributed by atoms with van der Waals surface area (Å²) in [5, 5.41) is 0. The van der Waals surface area contributed by atoms with Crippen LogP contribution in [0, 0.1) is 0 Å². The largest absolute Gasteiger partial charge is 0.397 e. The molecule has 1 fully saturated rings. The standard InChI is InChI=1S/C13H28O2Si/c1-4-6-12-16(14-3,15-5-2)13-10-8-7-9-11-13/h13H,4-12H2,1-3H3. The minimum atomic E-state index is -1.89. The Hall–Kier alpha value is 0.137. The molecule has 1 atom stereocenters. The highest BCUT2D eigenvalue weighted by atomic mass is 28.4. The molecular weight excluding hydrogens is 216 g/mol. The molecular formula is C13H28O2Si. The molecule has 16 heavy (non-hydrogen) atoms. The van der Waals surface area contributed by atoms with Gasteiger partial charge < -0.3 is 8.85 Å². The Labute approximate surface area is 102 Å². The molecule has 0 N–H and O–H groups in total. The molecule has 0 aliphatic heterocycles. The normalized spacial score (nSPS) is 21.9. The Bertz CT molecular complexity index is 181. The second-order valence-electron chi connectivity index (χ2n) is 4.89. The lowest BCUT2D eigenvalue weighted by molar-refractivity contribution is 0.186. The van der Waals surface area contributed by atoms with E-state index in [1.807, 2.05) is 7.11 Å². The Kier molecular flexibility index (Phi) is 6.62. The van der Waals surface area contributed by atoms with Crippen LogP contribution in [-0.2, 0) is 8.85 Å². The Morgan fingerprint density at radius 1 is 1.12 bits per heavy atom. The predicted molar refractivity (Wildman–Crippen MR) is 70.9 cm³/mol. The Balaban J connectivity index is 2.64. The van der Waals surface area contributed by atoms with E-state index in [0.717, 1.165) is 12.1 Å². The van der Waals surface area contributed by atoms with Crippen molar-refractivity contribution in [2.24, 2.45) is 0 Å². The van der Waals surface area contributed by atoms with Crippen LogP contribution in [0.25, 0.3) is 0 Å². The fourth-order valence-corrected chi connectivity index (χ4v) is 7.00. The summed E-state index contributed by atoms with van der Waals surface area (Å²) >= 11 is 0. The first-order valence-electron chi connectivity index (χ1n) is 6.98. The molecule has 0 aromatic heterocycles. The molecule has 0 spiro atoms. The lowest BCUT2D eigenvalue weighted by Crippen LogP contribution is -2.46. The Morgan fingerprint density at radius 3 is 2.31 bits per heavy atom. The van der Waals surface area contributed by atoms with E-state index >= 15 is 0 Å². The van der Waals surface area contributed by atoms with Gasteiger partial charge in [-0.2, -0.15) is 0 Å². The number of unbranched alkanes of at least 4 members (excludes halogenated alkanes) is 1. The predicted octanol–water partition coefficient (Wildman–Crippen LogP) is 4.25. The van der Waals surface area contributed by atoms with Crippen molar-refractivity contribution in [1.29, 1.82) is 0 Å². The van der Waals surface area contributed by atoms with Crippen LogP contribution in [0.1, 0.15) is 58.8 Å². The van der Waals surface area contributed by atoms with Crippen LogP contribution in [0.4, 0.5) is 0 Å². The SMILES string of the molecule is CCCC[Si](OC)(OCC)C1CCCCC1. The third-order valence-electron chi connectivity index (χ3n) is 3.84. The highest BCUT2D eigenvalue weighted by Gasteiger charge is 2.44. The lowest BCUT2D eigenvalue weighted by atomic mass is 10.0.